The molecule has 4 nitrogen and oxygen atoms in total. The third kappa shape index (κ3) is 6.98. The van der Waals surface area contributed by atoms with E-state index in [2.05, 4.69) is 22.6 Å². The molecule has 19 heavy (non-hydrogen) atoms. The Kier molecular flexibility index (Phi) is 9.12. The smallest absolute Gasteiger partial charge is 0.320 e. The van der Waals surface area contributed by atoms with Crippen molar-refractivity contribution in [1.29, 1.82) is 0 Å². The summed E-state index contributed by atoms with van der Waals surface area (Å²) in [5, 5.41) is 8.84. The molecule has 1 aromatic rings. The zero-order valence-electron chi connectivity index (χ0n) is 11.0. The van der Waals surface area contributed by atoms with Crippen molar-refractivity contribution in [1.82, 2.24) is 4.90 Å². The summed E-state index contributed by atoms with van der Waals surface area (Å²) in [4.78, 5) is 12.6. The maximum atomic E-state index is 10.8. The molecule has 0 aromatic heterocycles. The molecule has 0 fully saturated rings. The lowest BCUT2D eigenvalue weighted by Crippen LogP contribution is -2.36. The molecule has 0 aliphatic heterocycles. The van der Waals surface area contributed by atoms with Crippen molar-refractivity contribution >= 4 is 41.0 Å². The standard InChI is InChI=1S/C13H18INO3.ClH/c1-10(13(16)17)15(2)7-4-8-18-12-6-3-5-11(14)9-12;/h3,5-6,9-10H,4,7-8H2,1-2H3,(H,16,17);1H. The monoisotopic (exact) mass is 399 g/mol. The normalized spacial score (nSPS) is 11.8. The van der Waals surface area contributed by atoms with Crippen LogP contribution in [0.25, 0.3) is 0 Å². The molecule has 1 atom stereocenters. The highest BCUT2D eigenvalue weighted by Crippen LogP contribution is 2.14. The topological polar surface area (TPSA) is 49.8 Å². The molecule has 1 aromatic carbocycles. The third-order valence-corrected chi connectivity index (χ3v) is 3.41. The highest BCUT2D eigenvalue weighted by atomic mass is 127. The van der Waals surface area contributed by atoms with E-state index < -0.39 is 12.0 Å². The van der Waals surface area contributed by atoms with Gasteiger partial charge >= 0.3 is 5.97 Å². The first-order chi connectivity index (χ1) is 8.50. The van der Waals surface area contributed by atoms with Crippen LogP contribution in [-0.2, 0) is 4.79 Å². The molecular formula is C13H19ClINO3. The number of nitrogens with zero attached hydrogens (tertiary/aromatic N) is 1. The first-order valence-corrected chi connectivity index (χ1v) is 6.90. The number of hydrogen-bond donors (Lipinski definition) is 1. The van der Waals surface area contributed by atoms with Crippen molar-refractivity contribution in [2.75, 3.05) is 20.2 Å². The van der Waals surface area contributed by atoms with E-state index in [4.69, 9.17) is 9.84 Å². The Bertz CT molecular complexity index is 403. The molecule has 0 aliphatic rings. The molecule has 0 radical (unpaired) electrons. The third-order valence-electron chi connectivity index (χ3n) is 2.74. The number of carboxylic acids is 1. The van der Waals surface area contributed by atoms with E-state index in [1.165, 1.54) is 0 Å². The number of ether oxygens (including phenoxy) is 1. The summed E-state index contributed by atoms with van der Waals surface area (Å²) >= 11 is 2.24. The molecule has 0 amide bonds. The fourth-order valence-corrected chi connectivity index (χ4v) is 1.96. The lowest BCUT2D eigenvalue weighted by Gasteiger charge is -2.20. The fourth-order valence-electron chi connectivity index (χ4n) is 1.44. The average molecular weight is 400 g/mol. The van der Waals surface area contributed by atoms with Gasteiger partial charge in [0.15, 0.2) is 0 Å². The minimum absolute atomic E-state index is 0. The van der Waals surface area contributed by atoms with E-state index in [0.29, 0.717) is 13.2 Å². The first-order valence-electron chi connectivity index (χ1n) is 5.82. The minimum atomic E-state index is -0.795. The SMILES string of the molecule is CC(C(=O)O)N(C)CCCOc1cccc(I)c1.Cl. The minimum Gasteiger partial charge on any atom is -0.494 e. The van der Waals surface area contributed by atoms with Gasteiger partial charge in [0.25, 0.3) is 0 Å². The zero-order valence-corrected chi connectivity index (χ0v) is 14.0. The summed E-state index contributed by atoms with van der Waals surface area (Å²) in [5.41, 5.74) is 0. The number of benzene rings is 1. The molecule has 108 valence electrons. The van der Waals surface area contributed by atoms with Crippen molar-refractivity contribution in [3.63, 3.8) is 0 Å². The largest absolute Gasteiger partial charge is 0.494 e. The molecule has 0 bridgehead atoms. The van der Waals surface area contributed by atoms with Crippen LogP contribution >= 0.6 is 35.0 Å². The number of carboxylic acid groups (broad SMARTS) is 1. The Morgan fingerprint density at radius 1 is 1.53 bits per heavy atom. The van der Waals surface area contributed by atoms with Crippen LogP contribution in [0.5, 0.6) is 5.75 Å². The number of rotatable bonds is 7. The Hall–Kier alpha value is -0.530. The molecule has 6 heteroatoms. The van der Waals surface area contributed by atoms with Crippen LogP contribution in [0.2, 0.25) is 0 Å². The van der Waals surface area contributed by atoms with Gasteiger partial charge in [0, 0.05) is 10.1 Å². The number of halogens is 2. The second kappa shape index (κ2) is 9.39. The highest BCUT2D eigenvalue weighted by molar-refractivity contribution is 14.1. The van der Waals surface area contributed by atoms with Crippen LogP contribution < -0.4 is 4.74 Å². The molecule has 0 saturated carbocycles. The maximum Gasteiger partial charge on any atom is 0.320 e. The predicted octanol–water partition coefficient (Wildman–Crippen LogP) is 2.89. The van der Waals surface area contributed by atoms with Crippen LogP contribution in [-0.4, -0.2) is 42.2 Å². The second-order valence-electron chi connectivity index (χ2n) is 4.15. The van der Waals surface area contributed by atoms with E-state index in [-0.39, 0.29) is 12.4 Å². The van der Waals surface area contributed by atoms with Gasteiger partial charge in [-0.15, -0.1) is 12.4 Å². The lowest BCUT2D eigenvalue weighted by molar-refractivity contribution is -0.142. The number of likely N-dealkylation sites (N-methyl/N-ethyl adjacent to an activating group) is 1. The van der Waals surface area contributed by atoms with Crippen molar-refractivity contribution in [2.45, 2.75) is 19.4 Å². The summed E-state index contributed by atoms with van der Waals surface area (Å²) in [6.45, 7) is 2.98. The van der Waals surface area contributed by atoms with Gasteiger partial charge in [0.1, 0.15) is 11.8 Å². The maximum absolute atomic E-state index is 10.8. The zero-order chi connectivity index (χ0) is 13.5. The van der Waals surface area contributed by atoms with Gasteiger partial charge in [-0.2, -0.15) is 0 Å². The van der Waals surface area contributed by atoms with E-state index in [0.717, 1.165) is 15.7 Å². The van der Waals surface area contributed by atoms with E-state index in [9.17, 15) is 4.79 Å². The quantitative estimate of drug-likeness (QED) is 0.566. The van der Waals surface area contributed by atoms with Crippen LogP contribution in [0.1, 0.15) is 13.3 Å². The first kappa shape index (κ1) is 18.5. The lowest BCUT2D eigenvalue weighted by atomic mass is 10.3. The van der Waals surface area contributed by atoms with Crippen molar-refractivity contribution in [3.05, 3.63) is 27.8 Å². The van der Waals surface area contributed by atoms with Crippen molar-refractivity contribution in [3.8, 4) is 5.75 Å². The predicted molar refractivity (Wildman–Crippen MR) is 86.2 cm³/mol. The highest BCUT2D eigenvalue weighted by Gasteiger charge is 2.15. The van der Waals surface area contributed by atoms with Crippen LogP contribution in [0.4, 0.5) is 0 Å². The number of hydrogen-bond acceptors (Lipinski definition) is 3. The molecular weight excluding hydrogens is 381 g/mol. The summed E-state index contributed by atoms with van der Waals surface area (Å²) in [7, 11) is 1.81. The molecule has 1 unspecified atom stereocenters. The average Bonchev–Trinajstić information content (AvgIpc) is 2.33. The van der Waals surface area contributed by atoms with Crippen LogP contribution in [0, 0.1) is 3.57 Å². The van der Waals surface area contributed by atoms with Crippen LogP contribution in [0.3, 0.4) is 0 Å². The van der Waals surface area contributed by atoms with E-state index in [1.54, 1.807) is 11.8 Å². The second-order valence-corrected chi connectivity index (χ2v) is 5.40. The van der Waals surface area contributed by atoms with Gasteiger partial charge < -0.3 is 9.84 Å². The summed E-state index contributed by atoms with van der Waals surface area (Å²) in [6.07, 6.45) is 0.805. The van der Waals surface area contributed by atoms with Crippen molar-refractivity contribution in [2.24, 2.45) is 0 Å². The Balaban J connectivity index is 0.00000324. The van der Waals surface area contributed by atoms with Gasteiger partial charge in [-0.05, 0) is 61.2 Å². The van der Waals surface area contributed by atoms with Crippen LogP contribution in [0.15, 0.2) is 24.3 Å². The van der Waals surface area contributed by atoms with E-state index >= 15 is 0 Å². The van der Waals surface area contributed by atoms with Gasteiger partial charge in [-0.3, -0.25) is 9.69 Å². The fraction of sp³-hybridized carbons (Fsp3) is 0.462. The molecule has 0 spiro atoms. The molecule has 1 N–H and O–H groups in total. The number of aliphatic carboxylic acids is 1. The van der Waals surface area contributed by atoms with E-state index in [1.807, 2.05) is 31.3 Å². The van der Waals surface area contributed by atoms with Gasteiger partial charge in [0.05, 0.1) is 6.61 Å². The molecule has 0 saturated heterocycles. The van der Waals surface area contributed by atoms with Crippen molar-refractivity contribution < 1.29 is 14.6 Å². The Morgan fingerprint density at radius 2 is 2.21 bits per heavy atom. The van der Waals surface area contributed by atoms with Gasteiger partial charge in [-0.1, -0.05) is 6.07 Å². The summed E-state index contributed by atoms with van der Waals surface area (Å²) in [6, 6.07) is 7.41. The molecule has 1 rings (SSSR count). The summed E-state index contributed by atoms with van der Waals surface area (Å²) < 4.78 is 6.74. The molecule has 0 aliphatic carbocycles. The molecule has 0 heterocycles. The van der Waals surface area contributed by atoms with Gasteiger partial charge in [0.2, 0.25) is 0 Å². The number of carbonyl (C=O) groups is 1. The van der Waals surface area contributed by atoms with Gasteiger partial charge in [-0.25, -0.2) is 0 Å². The Labute approximate surface area is 133 Å². The Morgan fingerprint density at radius 3 is 2.79 bits per heavy atom. The summed E-state index contributed by atoms with van der Waals surface area (Å²) in [5.74, 6) is 0.0619.